The Morgan fingerprint density at radius 3 is 2.28 bits per heavy atom. The molecule has 0 spiro atoms. The van der Waals surface area contributed by atoms with Crippen LogP contribution in [-0.4, -0.2) is 51.4 Å². The number of hydrogen-bond acceptors (Lipinski definition) is 5. The zero-order valence-electron chi connectivity index (χ0n) is 19.7. The number of fused-ring (bicyclic) bond motifs is 1. The second-order valence-electron chi connectivity index (χ2n) is 8.34. The molecule has 0 radical (unpaired) electrons. The lowest BCUT2D eigenvalue weighted by Gasteiger charge is -2.32. The number of aromatic nitrogens is 1. The largest absolute Gasteiger partial charge is 0.493 e. The molecule has 1 atom stereocenters. The molecule has 0 N–H and O–H groups in total. The van der Waals surface area contributed by atoms with Crippen LogP contribution in [0.5, 0.6) is 17.2 Å². The van der Waals surface area contributed by atoms with Gasteiger partial charge in [-0.1, -0.05) is 12.1 Å². The third-order valence-corrected chi connectivity index (χ3v) is 6.22. The van der Waals surface area contributed by atoms with Gasteiger partial charge in [0.2, 0.25) is 5.75 Å². The number of rotatable bonds is 7. The van der Waals surface area contributed by atoms with E-state index < -0.39 is 0 Å². The molecule has 6 nitrogen and oxygen atoms in total. The molecule has 0 bridgehead atoms. The van der Waals surface area contributed by atoms with Crippen LogP contribution in [0.2, 0.25) is 0 Å². The van der Waals surface area contributed by atoms with E-state index in [2.05, 4.69) is 77.1 Å². The smallest absolute Gasteiger partial charge is 0.203 e. The fourth-order valence-corrected chi connectivity index (χ4v) is 4.64. The maximum absolute atomic E-state index is 5.89. The Bertz CT molecular complexity index is 1040. The van der Waals surface area contributed by atoms with Crippen molar-refractivity contribution in [1.29, 1.82) is 0 Å². The summed E-state index contributed by atoms with van der Waals surface area (Å²) in [4.78, 5) is 4.66. The highest BCUT2D eigenvalue weighted by Gasteiger charge is 2.31. The van der Waals surface area contributed by atoms with Gasteiger partial charge >= 0.3 is 0 Å². The van der Waals surface area contributed by atoms with Gasteiger partial charge in [0.1, 0.15) is 0 Å². The molecule has 1 aromatic heterocycles. The minimum absolute atomic E-state index is 0.0378. The van der Waals surface area contributed by atoms with Gasteiger partial charge in [0.15, 0.2) is 11.5 Å². The minimum Gasteiger partial charge on any atom is -0.493 e. The molecule has 4 rings (SSSR count). The van der Waals surface area contributed by atoms with E-state index in [1.54, 1.807) is 21.3 Å². The van der Waals surface area contributed by atoms with Gasteiger partial charge in [0.25, 0.3) is 0 Å². The van der Waals surface area contributed by atoms with E-state index in [0.29, 0.717) is 11.5 Å². The number of ether oxygens (including phenoxy) is 3. The van der Waals surface area contributed by atoms with Gasteiger partial charge in [0, 0.05) is 56.9 Å². The monoisotopic (exact) mass is 435 g/mol. The van der Waals surface area contributed by atoms with Gasteiger partial charge in [-0.15, -0.1) is 0 Å². The van der Waals surface area contributed by atoms with Crippen molar-refractivity contribution < 1.29 is 14.2 Å². The van der Waals surface area contributed by atoms with E-state index in [1.165, 1.54) is 16.9 Å². The van der Waals surface area contributed by atoms with Crippen LogP contribution in [0.25, 0.3) is 0 Å². The van der Waals surface area contributed by atoms with Crippen LogP contribution in [0, 0.1) is 0 Å². The zero-order valence-corrected chi connectivity index (χ0v) is 19.7. The first-order valence-electron chi connectivity index (χ1n) is 11.0. The first kappa shape index (κ1) is 22.1. The van der Waals surface area contributed by atoms with E-state index in [9.17, 15) is 0 Å². The highest BCUT2D eigenvalue weighted by atomic mass is 16.5. The summed E-state index contributed by atoms with van der Waals surface area (Å²) < 4.78 is 19.5. The van der Waals surface area contributed by atoms with Gasteiger partial charge in [-0.2, -0.15) is 0 Å². The molecule has 0 amide bonds. The molecule has 1 aliphatic heterocycles. The highest BCUT2D eigenvalue weighted by Crippen LogP contribution is 2.46. The molecule has 0 saturated carbocycles. The van der Waals surface area contributed by atoms with Gasteiger partial charge in [-0.25, -0.2) is 0 Å². The van der Waals surface area contributed by atoms with Crippen molar-refractivity contribution in [2.45, 2.75) is 25.6 Å². The summed E-state index contributed by atoms with van der Waals surface area (Å²) in [6, 6.07) is 17.3. The van der Waals surface area contributed by atoms with Crippen LogP contribution in [0.4, 0.5) is 5.69 Å². The highest BCUT2D eigenvalue weighted by molar-refractivity contribution is 5.58. The molecular formula is C26H33N3O3. The van der Waals surface area contributed by atoms with Gasteiger partial charge < -0.3 is 23.7 Å². The Morgan fingerprint density at radius 2 is 1.62 bits per heavy atom. The van der Waals surface area contributed by atoms with E-state index in [4.69, 9.17) is 14.2 Å². The summed E-state index contributed by atoms with van der Waals surface area (Å²) in [5, 5.41) is 0. The first-order valence-corrected chi connectivity index (χ1v) is 11.0. The Morgan fingerprint density at radius 1 is 0.875 bits per heavy atom. The number of anilines is 1. The zero-order chi connectivity index (χ0) is 22.7. The van der Waals surface area contributed by atoms with Gasteiger partial charge in [0.05, 0.1) is 27.4 Å². The average molecular weight is 436 g/mol. The van der Waals surface area contributed by atoms with Crippen molar-refractivity contribution in [3.05, 3.63) is 71.5 Å². The summed E-state index contributed by atoms with van der Waals surface area (Å²) >= 11 is 0. The Hall–Kier alpha value is -3.12. The predicted molar refractivity (Wildman–Crippen MR) is 128 cm³/mol. The Kier molecular flexibility index (Phi) is 6.61. The molecule has 0 saturated heterocycles. The van der Waals surface area contributed by atoms with Crippen molar-refractivity contribution in [1.82, 2.24) is 9.47 Å². The standard InChI is InChI=1S/C26H33N3O3/c1-27(2)20-11-9-19(10-12-20)18-29-17-7-16-28-15-6-8-22(28)24(29)21-13-14-23(30-3)26(32-5)25(21)31-4/h6,8-15,24H,7,16-18H2,1-5H3. The molecule has 1 unspecified atom stereocenters. The van der Waals surface area contributed by atoms with Crippen molar-refractivity contribution in [2.75, 3.05) is 46.9 Å². The van der Waals surface area contributed by atoms with Gasteiger partial charge in [-0.05, 0) is 48.4 Å². The summed E-state index contributed by atoms with van der Waals surface area (Å²) in [6.45, 7) is 2.84. The number of hydrogen-bond donors (Lipinski definition) is 0. The topological polar surface area (TPSA) is 39.1 Å². The van der Waals surface area contributed by atoms with Gasteiger partial charge in [-0.3, -0.25) is 4.90 Å². The Labute approximate surface area is 190 Å². The third-order valence-electron chi connectivity index (χ3n) is 6.22. The van der Waals surface area contributed by atoms with Crippen LogP contribution in [0.1, 0.15) is 29.3 Å². The maximum atomic E-state index is 5.89. The lowest BCUT2D eigenvalue weighted by molar-refractivity contribution is 0.214. The molecule has 32 heavy (non-hydrogen) atoms. The van der Waals surface area contributed by atoms with Crippen LogP contribution in [0.15, 0.2) is 54.7 Å². The predicted octanol–water partition coefficient (Wildman–Crippen LogP) is 4.58. The molecular weight excluding hydrogens is 402 g/mol. The van der Waals surface area contributed by atoms with Crippen molar-refractivity contribution >= 4 is 5.69 Å². The number of benzene rings is 2. The molecule has 2 heterocycles. The van der Waals surface area contributed by atoms with Crippen molar-refractivity contribution in [2.24, 2.45) is 0 Å². The lowest BCUT2D eigenvalue weighted by atomic mass is 9.99. The number of aryl methyl sites for hydroxylation is 1. The van der Waals surface area contributed by atoms with E-state index in [1.807, 2.05) is 6.07 Å². The number of nitrogens with zero attached hydrogens (tertiary/aromatic N) is 3. The van der Waals surface area contributed by atoms with E-state index in [0.717, 1.165) is 37.4 Å². The van der Waals surface area contributed by atoms with Crippen LogP contribution in [0.3, 0.4) is 0 Å². The molecule has 0 fully saturated rings. The molecule has 0 aliphatic carbocycles. The molecule has 2 aromatic carbocycles. The molecule has 1 aliphatic rings. The van der Waals surface area contributed by atoms with E-state index >= 15 is 0 Å². The second kappa shape index (κ2) is 9.57. The fraction of sp³-hybridized carbons (Fsp3) is 0.385. The summed E-state index contributed by atoms with van der Waals surface area (Å²) in [7, 11) is 9.14. The summed E-state index contributed by atoms with van der Waals surface area (Å²) in [5.41, 5.74) is 4.84. The van der Waals surface area contributed by atoms with Crippen LogP contribution < -0.4 is 19.1 Å². The first-order chi connectivity index (χ1) is 15.6. The lowest BCUT2D eigenvalue weighted by Crippen LogP contribution is -2.30. The normalized spacial score (nSPS) is 16.2. The Balaban J connectivity index is 1.79. The second-order valence-corrected chi connectivity index (χ2v) is 8.34. The average Bonchev–Trinajstić information content (AvgIpc) is 3.20. The minimum atomic E-state index is 0.0378. The number of methoxy groups -OCH3 is 3. The molecule has 6 heteroatoms. The molecule has 3 aromatic rings. The van der Waals surface area contributed by atoms with Crippen LogP contribution >= 0.6 is 0 Å². The van der Waals surface area contributed by atoms with Crippen molar-refractivity contribution in [3.8, 4) is 17.2 Å². The molecule has 170 valence electrons. The fourth-order valence-electron chi connectivity index (χ4n) is 4.64. The third kappa shape index (κ3) is 4.15. The maximum Gasteiger partial charge on any atom is 0.203 e. The van der Waals surface area contributed by atoms with E-state index in [-0.39, 0.29) is 6.04 Å². The van der Waals surface area contributed by atoms with Crippen LogP contribution in [-0.2, 0) is 13.1 Å². The summed E-state index contributed by atoms with van der Waals surface area (Å²) in [6.07, 6.45) is 3.26. The summed E-state index contributed by atoms with van der Waals surface area (Å²) in [5.74, 6) is 2.02. The SMILES string of the molecule is COc1ccc(C2c3cccn3CCCN2Cc2ccc(N(C)C)cc2)c(OC)c1OC. The van der Waals surface area contributed by atoms with Crippen molar-refractivity contribution in [3.63, 3.8) is 0 Å². The quantitative estimate of drug-likeness (QED) is 0.543.